The monoisotopic (exact) mass is 374 g/mol. The van der Waals surface area contributed by atoms with Gasteiger partial charge >= 0.3 is 6.03 Å². The molecule has 0 unspecified atom stereocenters. The molecule has 2 amide bonds. The van der Waals surface area contributed by atoms with Gasteiger partial charge in [0, 0.05) is 11.3 Å². The molecule has 0 aliphatic rings. The first-order chi connectivity index (χ1) is 12.6. The number of carbonyl (C=O) groups excluding carboxylic acids is 1. The Morgan fingerprint density at radius 2 is 1.73 bits per heavy atom. The largest absolute Gasteiger partial charge is 0.493 e. The van der Waals surface area contributed by atoms with Crippen LogP contribution in [0.4, 0.5) is 20.0 Å². The Bertz CT molecular complexity index is 915. The molecule has 0 spiro atoms. The maximum absolute atomic E-state index is 12.9. The van der Waals surface area contributed by atoms with Gasteiger partial charge in [-0.1, -0.05) is 11.3 Å². The van der Waals surface area contributed by atoms with Gasteiger partial charge in [-0.05, 0) is 42.5 Å². The average Bonchev–Trinajstić information content (AvgIpc) is 3.11. The number of anilines is 2. The van der Waals surface area contributed by atoms with Crippen LogP contribution in [0.5, 0.6) is 11.5 Å². The van der Waals surface area contributed by atoms with Crippen molar-refractivity contribution in [3.8, 4) is 22.1 Å². The number of amides is 2. The molecule has 0 bridgehead atoms. The van der Waals surface area contributed by atoms with Gasteiger partial charge in [-0.25, -0.2) is 9.18 Å². The van der Waals surface area contributed by atoms with E-state index in [-0.39, 0.29) is 5.82 Å². The van der Waals surface area contributed by atoms with Gasteiger partial charge in [0.1, 0.15) is 10.8 Å². The van der Waals surface area contributed by atoms with Crippen molar-refractivity contribution in [3.63, 3.8) is 0 Å². The van der Waals surface area contributed by atoms with Crippen LogP contribution in [0.2, 0.25) is 0 Å². The lowest BCUT2D eigenvalue weighted by Crippen LogP contribution is -2.19. The van der Waals surface area contributed by atoms with E-state index >= 15 is 0 Å². The Hall–Kier alpha value is -3.20. The lowest BCUT2D eigenvalue weighted by Gasteiger charge is -2.07. The fourth-order valence-electron chi connectivity index (χ4n) is 2.15. The second-order valence-corrected chi connectivity index (χ2v) is 6.05. The molecule has 0 atom stereocenters. The number of ether oxygens (including phenoxy) is 2. The molecule has 0 radical (unpaired) electrons. The number of benzene rings is 2. The zero-order valence-corrected chi connectivity index (χ0v) is 14.8. The quantitative estimate of drug-likeness (QED) is 0.705. The fourth-order valence-corrected chi connectivity index (χ4v) is 2.89. The molecule has 0 saturated carbocycles. The first-order valence-electron chi connectivity index (χ1n) is 7.48. The van der Waals surface area contributed by atoms with E-state index in [9.17, 15) is 9.18 Å². The van der Waals surface area contributed by atoms with Crippen molar-refractivity contribution in [2.45, 2.75) is 0 Å². The van der Waals surface area contributed by atoms with Gasteiger partial charge in [-0.2, -0.15) is 0 Å². The van der Waals surface area contributed by atoms with E-state index in [4.69, 9.17) is 9.47 Å². The molecule has 1 aromatic heterocycles. The van der Waals surface area contributed by atoms with E-state index in [1.807, 2.05) is 6.07 Å². The summed E-state index contributed by atoms with van der Waals surface area (Å²) in [5.74, 6) is 0.807. The molecule has 0 fully saturated rings. The Balaban J connectivity index is 1.69. The lowest BCUT2D eigenvalue weighted by molar-refractivity contribution is 0.262. The fraction of sp³-hybridized carbons (Fsp3) is 0.118. The molecular formula is C17H15FN4O3S. The smallest absolute Gasteiger partial charge is 0.325 e. The SMILES string of the molecule is COc1ccc(-c2nnc(NC(=O)Nc3ccc(F)cc3)s2)cc1OC. The molecule has 26 heavy (non-hydrogen) atoms. The summed E-state index contributed by atoms with van der Waals surface area (Å²) in [5.41, 5.74) is 1.25. The van der Waals surface area contributed by atoms with Gasteiger partial charge in [-0.3, -0.25) is 5.32 Å². The van der Waals surface area contributed by atoms with Crippen LogP contribution in [0, 0.1) is 5.82 Å². The van der Waals surface area contributed by atoms with E-state index in [0.29, 0.717) is 27.3 Å². The van der Waals surface area contributed by atoms with Crippen molar-refractivity contribution in [1.29, 1.82) is 0 Å². The van der Waals surface area contributed by atoms with Crippen molar-refractivity contribution in [3.05, 3.63) is 48.3 Å². The third kappa shape index (κ3) is 4.06. The molecule has 2 aromatic carbocycles. The van der Waals surface area contributed by atoms with E-state index in [1.165, 1.54) is 35.6 Å². The average molecular weight is 374 g/mol. The van der Waals surface area contributed by atoms with Crippen LogP contribution in [0.25, 0.3) is 10.6 Å². The molecule has 3 aromatic rings. The number of hydrogen-bond acceptors (Lipinski definition) is 6. The summed E-state index contributed by atoms with van der Waals surface area (Å²) in [6.45, 7) is 0. The first-order valence-corrected chi connectivity index (χ1v) is 8.30. The maximum Gasteiger partial charge on any atom is 0.325 e. The van der Waals surface area contributed by atoms with Gasteiger partial charge < -0.3 is 14.8 Å². The number of halogens is 1. The number of rotatable bonds is 5. The van der Waals surface area contributed by atoms with Gasteiger partial charge in [0.25, 0.3) is 0 Å². The van der Waals surface area contributed by atoms with Crippen LogP contribution in [-0.2, 0) is 0 Å². The van der Waals surface area contributed by atoms with Crippen LogP contribution >= 0.6 is 11.3 Å². The minimum Gasteiger partial charge on any atom is -0.493 e. The Morgan fingerprint density at radius 1 is 1.00 bits per heavy atom. The molecule has 7 nitrogen and oxygen atoms in total. The van der Waals surface area contributed by atoms with Gasteiger partial charge in [-0.15, -0.1) is 10.2 Å². The third-order valence-corrected chi connectivity index (χ3v) is 4.27. The summed E-state index contributed by atoms with van der Waals surface area (Å²) in [6, 6.07) is 10.3. The third-order valence-electron chi connectivity index (χ3n) is 3.38. The zero-order valence-electron chi connectivity index (χ0n) is 13.9. The molecule has 9 heteroatoms. The molecule has 3 rings (SSSR count). The zero-order chi connectivity index (χ0) is 18.5. The van der Waals surface area contributed by atoms with E-state index in [0.717, 1.165) is 5.56 Å². The summed E-state index contributed by atoms with van der Waals surface area (Å²) >= 11 is 1.21. The van der Waals surface area contributed by atoms with E-state index < -0.39 is 6.03 Å². The van der Waals surface area contributed by atoms with Crippen LogP contribution < -0.4 is 20.1 Å². The summed E-state index contributed by atoms with van der Waals surface area (Å²) in [7, 11) is 3.11. The number of nitrogens with one attached hydrogen (secondary N) is 2. The molecule has 0 aliphatic heterocycles. The highest BCUT2D eigenvalue weighted by Gasteiger charge is 2.12. The Kier molecular flexibility index (Phi) is 5.28. The molecule has 0 aliphatic carbocycles. The highest BCUT2D eigenvalue weighted by molar-refractivity contribution is 7.18. The predicted octanol–water partition coefficient (Wildman–Crippen LogP) is 4.01. The standard InChI is InChI=1S/C17H15FN4O3S/c1-24-13-8-3-10(9-14(13)25-2)15-21-22-17(26-15)20-16(23)19-12-6-4-11(18)5-7-12/h3-9H,1-2H3,(H2,19,20,22,23). The number of carbonyl (C=O) groups is 1. The second-order valence-electron chi connectivity index (χ2n) is 5.07. The van der Waals surface area contributed by atoms with Crippen molar-refractivity contribution >= 4 is 28.2 Å². The molecule has 134 valence electrons. The van der Waals surface area contributed by atoms with Crippen LogP contribution in [0.1, 0.15) is 0 Å². The van der Waals surface area contributed by atoms with Crippen molar-refractivity contribution in [1.82, 2.24) is 10.2 Å². The number of urea groups is 1. The van der Waals surface area contributed by atoms with Gasteiger partial charge in [0.15, 0.2) is 11.5 Å². The second kappa shape index (κ2) is 7.79. The van der Waals surface area contributed by atoms with Crippen LogP contribution in [0.15, 0.2) is 42.5 Å². The maximum atomic E-state index is 12.9. The minimum absolute atomic E-state index is 0.328. The summed E-state index contributed by atoms with van der Waals surface area (Å²) in [6.07, 6.45) is 0. The summed E-state index contributed by atoms with van der Waals surface area (Å²) in [5, 5.41) is 14.1. The molecule has 2 N–H and O–H groups in total. The first kappa shape index (κ1) is 17.6. The molecule has 0 saturated heterocycles. The number of aromatic nitrogens is 2. The van der Waals surface area contributed by atoms with Crippen molar-refractivity contribution in [2.24, 2.45) is 0 Å². The van der Waals surface area contributed by atoms with Crippen molar-refractivity contribution < 1.29 is 18.7 Å². The van der Waals surface area contributed by atoms with Crippen LogP contribution in [0.3, 0.4) is 0 Å². The van der Waals surface area contributed by atoms with Gasteiger partial charge in [0.2, 0.25) is 5.13 Å². The van der Waals surface area contributed by atoms with Crippen LogP contribution in [-0.4, -0.2) is 30.4 Å². The number of methoxy groups -OCH3 is 2. The highest BCUT2D eigenvalue weighted by atomic mass is 32.1. The molecule has 1 heterocycles. The lowest BCUT2D eigenvalue weighted by atomic mass is 10.2. The highest BCUT2D eigenvalue weighted by Crippen LogP contribution is 2.34. The normalized spacial score (nSPS) is 10.3. The topological polar surface area (TPSA) is 85.4 Å². The number of nitrogens with zero attached hydrogens (tertiary/aromatic N) is 2. The minimum atomic E-state index is -0.494. The predicted molar refractivity (Wildman–Crippen MR) is 97.5 cm³/mol. The van der Waals surface area contributed by atoms with Gasteiger partial charge in [0.05, 0.1) is 14.2 Å². The summed E-state index contributed by atoms with van der Waals surface area (Å²) in [4.78, 5) is 12.0. The van der Waals surface area contributed by atoms with Crippen molar-refractivity contribution in [2.75, 3.05) is 24.9 Å². The number of hydrogen-bond donors (Lipinski definition) is 2. The van der Waals surface area contributed by atoms with E-state index in [2.05, 4.69) is 20.8 Å². The molecular weight excluding hydrogens is 359 g/mol. The Labute approximate surface area is 152 Å². The van der Waals surface area contributed by atoms with E-state index in [1.54, 1.807) is 26.4 Å². The Morgan fingerprint density at radius 3 is 2.42 bits per heavy atom. The summed E-state index contributed by atoms with van der Waals surface area (Å²) < 4.78 is 23.3.